The fraction of sp³-hybridized carbons (Fsp3) is 0.400. The third-order valence-electron chi connectivity index (χ3n) is 1.80. The lowest BCUT2D eigenvalue weighted by atomic mass is 10.3. The van der Waals surface area contributed by atoms with Gasteiger partial charge in [-0.15, -0.1) is 0 Å². The Bertz CT molecular complexity index is 322. The highest BCUT2D eigenvalue weighted by atomic mass is 79.9. The van der Waals surface area contributed by atoms with Crippen LogP contribution in [-0.4, -0.2) is 26.4 Å². The summed E-state index contributed by atoms with van der Waals surface area (Å²) in [4.78, 5) is 0. The zero-order chi connectivity index (χ0) is 11.3. The van der Waals surface area contributed by atoms with E-state index >= 15 is 0 Å². The van der Waals surface area contributed by atoms with Crippen molar-refractivity contribution in [2.45, 2.75) is 6.10 Å². The van der Waals surface area contributed by atoms with E-state index in [2.05, 4.69) is 15.9 Å². The van der Waals surface area contributed by atoms with Crippen molar-refractivity contribution in [1.82, 2.24) is 0 Å². The van der Waals surface area contributed by atoms with Crippen LogP contribution in [0, 0.1) is 0 Å². The first-order chi connectivity index (χ1) is 7.17. The van der Waals surface area contributed by atoms with Crippen molar-refractivity contribution in [1.29, 1.82) is 0 Å². The van der Waals surface area contributed by atoms with Crippen molar-refractivity contribution >= 4 is 27.5 Å². The highest BCUT2D eigenvalue weighted by Gasteiger charge is 2.10. The molecular weight excluding hydrogens is 281 g/mol. The Kier molecular flexibility index (Phi) is 5.39. The van der Waals surface area contributed by atoms with Crippen LogP contribution in [0.4, 0.5) is 0 Å². The van der Waals surface area contributed by atoms with Gasteiger partial charge in [-0.25, -0.2) is 0 Å². The van der Waals surface area contributed by atoms with Gasteiger partial charge in [-0.2, -0.15) is 0 Å². The summed E-state index contributed by atoms with van der Waals surface area (Å²) < 4.78 is 11.5. The number of hydrogen-bond acceptors (Lipinski definition) is 3. The van der Waals surface area contributed by atoms with Gasteiger partial charge in [0.25, 0.3) is 0 Å². The van der Waals surface area contributed by atoms with Crippen molar-refractivity contribution in [3.05, 3.63) is 27.7 Å². The van der Waals surface area contributed by atoms with E-state index in [1.807, 2.05) is 6.07 Å². The minimum absolute atomic E-state index is 0.173. The Balaban J connectivity index is 2.70. The maximum Gasteiger partial charge on any atom is 0.138 e. The molecule has 0 bridgehead atoms. The van der Waals surface area contributed by atoms with Crippen molar-refractivity contribution in [2.24, 2.45) is 5.73 Å². The molecule has 1 atom stereocenters. The summed E-state index contributed by atoms with van der Waals surface area (Å²) in [5, 5.41) is 0.555. The van der Waals surface area contributed by atoms with Crippen molar-refractivity contribution in [2.75, 3.05) is 20.3 Å². The first kappa shape index (κ1) is 12.8. The van der Waals surface area contributed by atoms with E-state index in [0.29, 0.717) is 23.9 Å². The van der Waals surface area contributed by atoms with E-state index in [9.17, 15) is 0 Å². The summed E-state index contributed by atoms with van der Waals surface area (Å²) in [6, 6.07) is 5.43. The van der Waals surface area contributed by atoms with E-state index in [0.717, 1.165) is 4.47 Å². The molecule has 1 aromatic rings. The minimum atomic E-state index is -0.173. The molecule has 15 heavy (non-hydrogen) atoms. The van der Waals surface area contributed by atoms with Crippen molar-refractivity contribution < 1.29 is 9.47 Å². The molecule has 0 aliphatic rings. The summed E-state index contributed by atoms with van der Waals surface area (Å²) in [6.45, 7) is 0.836. The third-order valence-corrected chi connectivity index (χ3v) is 2.59. The van der Waals surface area contributed by atoms with E-state index in [-0.39, 0.29) is 6.10 Å². The molecule has 1 unspecified atom stereocenters. The second-order valence-corrected chi connectivity index (χ2v) is 4.33. The first-order valence-corrected chi connectivity index (χ1v) is 5.65. The predicted octanol–water partition coefficient (Wildman–Crippen LogP) is 2.46. The molecule has 0 saturated carbocycles. The monoisotopic (exact) mass is 293 g/mol. The number of hydrogen-bond donors (Lipinski definition) is 1. The first-order valence-electron chi connectivity index (χ1n) is 4.48. The fourth-order valence-corrected chi connectivity index (χ4v) is 1.80. The van der Waals surface area contributed by atoms with Gasteiger partial charge in [-0.05, 0) is 18.2 Å². The highest BCUT2D eigenvalue weighted by molar-refractivity contribution is 9.10. The molecular formula is C10H13BrClNO2. The van der Waals surface area contributed by atoms with Gasteiger partial charge in [0.1, 0.15) is 11.9 Å². The Morgan fingerprint density at radius 2 is 2.27 bits per heavy atom. The molecule has 1 aromatic carbocycles. The molecule has 5 heteroatoms. The van der Waals surface area contributed by atoms with Crippen molar-refractivity contribution in [3.63, 3.8) is 0 Å². The van der Waals surface area contributed by atoms with Gasteiger partial charge in [0.05, 0.1) is 11.6 Å². The number of ether oxygens (including phenoxy) is 2. The average molecular weight is 295 g/mol. The minimum Gasteiger partial charge on any atom is -0.485 e. The third kappa shape index (κ3) is 3.99. The van der Waals surface area contributed by atoms with Gasteiger partial charge in [0.2, 0.25) is 0 Å². The molecule has 0 aliphatic carbocycles. The van der Waals surface area contributed by atoms with E-state index in [4.69, 9.17) is 26.8 Å². The molecule has 0 radical (unpaired) electrons. The summed E-state index contributed by atoms with van der Waals surface area (Å²) >= 11 is 9.32. The molecule has 84 valence electrons. The molecule has 1 rings (SSSR count). The summed E-state index contributed by atoms with van der Waals surface area (Å²) in [6.07, 6.45) is -0.173. The van der Waals surface area contributed by atoms with Crippen LogP contribution >= 0.6 is 27.5 Å². The summed E-state index contributed by atoms with van der Waals surface area (Å²) in [7, 11) is 1.61. The molecule has 0 amide bonds. The quantitative estimate of drug-likeness (QED) is 0.907. The Labute approximate surface area is 103 Å². The standard InChI is InChI=1S/C10H13BrClNO2/c1-14-6-8(5-13)15-10-3-2-7(11)4-9(10)12/h2-4,8H,5-6,13H2,1H3. The van der Waals surface area contributed by atoms with Gasteiger partial charge >= 0.3 is 0 Å². The number of benzene rings is 1. The van der Waals surface area contributed by atoms with E-state index < -0.39 is 0 Å². The smallest absolute Gasteiger partial charge is 0.138 e. The SMILES string of the molecule is COCC(CN)Oc1ccc(Br)cc1Cl. The second kappa shape index (κ2) is 6.33. The molecule has 2 N–H and O–H groups in total. The molecule has 0 spiro atoms. The average Bonchev–Trinajstić information content (AvgIpc) is 2.21. The Hall–Kier alpha value is -0.290. The maximum atomic E-state index is 5.99. The van der Waals surface area contributed by atoms with Crippen LogP contribution in [0.5, 0.6) is 5.75 Å². The lowest BCUT2D eigenvalue weighted by molar-refractivity contribution is 0.0861. The lowest BCUT2D eigenvalue weighted by Crippen LogP contribution is -2.31. The van der Waals surface area contributed by atoms with E-state index in [1.165, 1.54) is 0 Å². The van der Waals surface area contributed by atoms with Gasteiger partial charge < -0.3 is 15.2 Å². The topological polar surface area (TPSA) is 44.5 Å². The number of nitrogens with two attached hydrogens (primary N) is 1. The lowest BCUT2D eigenvalue weighted by Gasteiger charge is -2.17. The molecule has 0 aromatic heterocycles. The van der Waals surface area contributed by atoms with Gasteiger partial charge in [-0.3, -0.25) is 0 Å². The molecule has 0 aliphatic heterocycles. The van der Waals surface area contributed by atoms with Gasteiger partial charge in [0.15, 0.2) is 0 Å². The Morgan fingerprint density at radius 3 is 2.80 bits per heavy atom. The van der Waals surface area contributed by atoms with Crippen LogP contribution in [0.25, 0.3) is 0 Å². The number of rotatable bonds is 5. The van der Waals surface area contributed by atoms with Crippen molar-refractivity contribution in [3.8, 4) is 5.75 Å². The number of methoxy groups -OCH3 is 1. The fourth-order valence-electron chi connectivity index (χ4n) is 1.09. The predicted molar refractivity (Wildman–Crippen MR) is 64.5 cm³/mol. The van der Waals surface area contributed by atoms with Crippen LogP contribution in [0.3, 0.4) is 0 Å². The summed E-state index contributed by atoms with van der Waals surface area (Å²) in [5.74, 6) is 0.618. The van der Waals surface area contributed by atoms with Crippen LogP contribution in [0.15, 0.2) is 22.7 Å². The van der Waals surface area contributed by atoms with Crippen LogP contribution in [-0.2, 0) is 4.74 Å². The summed E-state index contributed by atoms with van der Waals surface area (Å²) in [5.41, 5.74) is 5.53. The van der Waals surface area contributed by atoms with Crippen LogP contribution < -0.4 is 10.5 Å². The zero-order valence-corrected chi connectivity index (χ0v) is 10.7. The zero-order valence-electron chi connectivity index (χ0n) is 8.37. The second-order valence-electron chi connectivity index (χ2n) is 3.01. The maximum absolute atomic E-state index is 5.99. The van der Waals surface area contributed by atoms with Crippen LogP contribution in [0.2, 0.25) is 5.02 Å². The van der Waals surface area contributed by atoms with E-state index in [1.54, 1.807) is 19.2 Å². The number of halogens is 2. The molecule has 0 fully saturated rings. The molecule has 3 nitrogen and oxygen atoms in total. The highest BCUT2D eigenvalue weighted by Crippen LogP contribution is 2.28. The largest absolute Gasteiger partial charge is 0.485 e. The molecule has 0 saturated heterocycles. The molecule has 0 heterocycles. The normalized spacial score (nSPS) is 12.5. The van der Waals surface area contributed by atoms with Crippen LogP contribution in [0.1, 0.15) is 0 Å². The Morgan fingerprint density at radius 1 is 1.53 bits per heavy atom. The van der Waals surface area contributed by atoms with Gasteiger partial charge in [0, 0.05) is 18.1 Å². The van der Waals surface area contributed by atoms with Gasteiger partial charge in [-0.1, -0.05) is 27.5 Å².